The molecular formula is C12H16N2O2S. The fourth-order valence-electron chi connectivity index (χ4n) is 1.23. The van der Waals surface area contributed by atoms with Crippen molar-refractivity contribution in [1.29, 1.82) is 0 Å². The molecule has 0 aliphatic heterocycles. The Morgan fingerprint density at radius 3 is 2.53 bits per heavy atom. The number of amides is 1. The summed E-state index contributed by atoms with van der Waals surface area (Å²) in [6, 6.07) is 7.42. The van der Waals surface area contributed by atoms with Gasteiger partial charge in [-0.2, -0.15) is 0 Å². The first kappa shape index (κ1) is 13.6. The minimum absolute atomic E-state index is 0.193. The third-order valence-electron chi connectivity index (χ3n) is 2.35. The fraction of sp³-hybridized carbons (Fsp3) is 0.333. The van der Waals surface area contributed by atoms with Crippen molar-refractivity contribution >= 4 is 28.8 Å². The molecule has 1 aromatic carbocycles. The first-order chi connectivity index (χ1) is 8.04. The molecule has 1 atom stereocenters. The second-order valence-electron chi connectivity index (χ2n) is 3.74. The predicted molar refractivity (Wildman–Crippen MR) is 71.7 cm³/mol. The van der Waals surface area contributed by atoms with Crippen LogP contribution in [0.3, 0.4) is 0 Å². The Hall–Kier alpha value is -1.46. The first-order valence-electron chi connectivity index (χ1n) is 5.22. The van der Waals surface area contributed by atoms with E-state index in [-0.39, 0.29) is 10.9 Å². The number of nitrogens with two attached hydrogens (primary N) is 1. The summed E-state index contributed by atoms with van der Waals surface area (Å²) in [5.74, 6) is -0.666. The molecule has 17 heavy (non-hydrogen) atoms. The number of carbonyl (C=O) groups is 1. The summed E-state index contributed by atoms with van der Waals surface area (Å²) in [5, 5.41) is 2.75. The van der Waals surface area contributed by atoms with E-state index < -0.39 is 5.92 Å². The molecule has 0 radical (unpaired) electrons. The Morgan fingerprint density at radius 2 is 2.06 bits per heavy atom. The van der Waals surface area contributed by atoms with Crippen LogP contribution in [0.1, 0.15) is 12.5 Å². The molecule has 4 nitrogen and oxygen atoms in total. The van der Waals surface area contributed by atoms with Crippen molar-refractivity contribution < 1.29 is 9.53 Å². The third kappa shape index (κ3) is 4.13. The predicted octanol–water partition coefficient (Wildman–Crippen LogP) is 1.69. The van der Waals surface area contributed by atoms with E-state index >= 15 is 0 Å². The van der Waals surface area contributed by atoms with E-state index in [4.69, 9.17) is 22.7 Å². The van der Waals surface area contributed by atoms with Gasteiger partial charge < -0.3 is 15.8 Å². The van der Waals surface area contributed by atoms with Crippen LogP contribution < -0.4 is 11.1 Å². The summed E-state index contributed by atoms with van der Waals surface area (Å²) in [4.78, 5) is 11.9. The lowest BCUT2D eigenvalue weighted by atomic mass is 10.1. The molecule has 5 heteroatoms. The van der Waals surface area contributed by atoms with Crippen LogP contribution >= 0.6 is 12.2 Å². The summed E-state index contributed by atoms with van der Waals surface area (Å²) in [7, 11) is 1.64. The monoisotopic (exact) mass is 252 g/mol. The van der Waals surface area contributed by atoms with Crippen molar-refractivity contribution in [3.8, 4) is 0 Å². The molecule has 3 N–H and O–H groups in total. The van der Waals surface area contributed by atoms with Gasteiger partial charge in [-0.1, -0.05) is 24.4 Å². The lowest BCUT2D eigenvalue weighted by Crippen LogP contribution is -2.30. The number of hydrogen-bond donors (Lipinski definition) is 2. The average Bonchev–Trinajstić information content (AvgIpc) is 2.30. The zero-order valence-corrected chi connectivity index (χ0v) is 10.7. The van der Waals surface area contributed by atoms with Crippen LogP contribution in [0.2, 0.25) is 0 Å². The van der Waals surface area contributed by atoms with Crippen molar-refractivity contribution in [1.82, 2.24) is 0 Å². The molecule has 92 valence electrons. The van der Waals surface area contributed by atoms with Crippen molar-refractivity contribution in [2.24, 2.45) is 11.7 Å². The molecule has 0 aromatic heterocycles. The van der Waals surface area contributed by atoms with E-state index in [0.29, 0.717) is 6.61 Å². The van der Waals surface area contributed by atoms with Gasteiger partial charge in [0.25, 0.3) is 0 Å². The molecule has 0 bridgehead atoms. The number of thiocarbonyl (C=S) groups is 1. The van der Waals surface area contributed by atoms with Gasteiger partial charge in [0, 0.05) is 12.8 Å². The highest BCUT2D eigenvalue weighted by molar-refractivity contribution is 7.80. The van der Waals surface area contributed by atoms with E-state index in [1.807, 2.05) is 24.3 Å². The van der Waals surface area contributed by atoms with E-state index in [1.165, 1.54) is 0 Å². The molecule has 0 saturated carbocycles. The van der Waals surface area contributed by atoms with Gasteiger partial charge in [-0.05, 0) is 24.6 Å². The van der Waals surface area contributed by atoms with Crippen molar-refractivity contribution in [3.63, 3.8) is 0 Å². The number of hydrogen-bond acceptors (Lipinski definition) is 3. The standard InChI is InChI=1S/C12H16N2O2S/c1-8(11(13)17)12(15)14-10-5-3-9(4-6-10)7-16-2/h3-6,8H,7H2,1-2H3,(H2,13,17)(H,14,15). The second-order valence-corrected chi connectivity index (χ2v) is 4.21. The zero-order valence-electron chi connectivity index (χ0n) is 9.90. The van der Waals surface area contributed by atoms with Gasteiger partial charge >= 0.3 is 0 Å². The van der Waals surface area contributed by atoms with Gasteiger partial charge in [0.05, 0.1) is 17.5 Å². The molecule has 0 spiro atoms. The van der Waals surface area contributed by atoms with E-state index in [0.717, 1.165) is 11.3 Å². The molecule has 0 heterocycles. The molecule has 1 unspecified atom stereocenters. The quantitative estimate of drug-likeness (QED) is 0.783. The minimum atomic E-state index is -0.469. The van der Waals surface area contributed by atoms with E-state index in [1.54, 1.807) is 14.0 Å². The van der Waals surface area contributed by atoms with Crippen LogP contribution in [0.15, 0.2) is 24.3 Å². The highest BCUT2D eigenvalue weighted by atomic mass is 32.1. The van der Waals surface area contributed by atoms with Crippen LogP contribution in [0.4, 0.5) is 5.69 Å². The first-order valence-corrected chi connectivity index (χ1v) is 5.63. The Labute approximate surface area is 106 Å². The third-order valence-corrected chi connectivity index (χ3v) is 2.71. The van der Waals surface area contributed by atoms with Crippen LogP contribution in [0.5, 0.6) is 0 Å². The van der Waals surface area contributed by atoms with Crippen LogP contribution in [-0.2, 0) is 16.1 Å². The fourth-order valence-corrected chi connectivity index (χ4v) is 1.34. The number of nitrogens with one attached hydrogen (secondary N) is 1. The van der Waals surface area contributed by atoms with E-state index in [2.05, 4.69) is 5.32 Å². The molecule has 0 saturated heterocycles. The smallest absolute Gasteiger partial charge is 0.234 e. The Bertz CT molecular complexity index is 403. The Morgan fingerprint density at radius 1 is 1.47 bits per heavy atom. The van der Waals surface area contributed by atoms with Crippen LogP contribution in [0, 0.1) is 5.92 Å². The number of rotatable bonds is 5. The normalized spacial score (nSPS) is 11.9. The Kier molecular flexibility index (Phi) is 5.06. The lowest BCUT2D eigenvalue weighted by Gasteiger charge is -2.10. The van der Waals surface area contributed by atoms with Crippen LogP contribution in [0.25, 0.3) is 0 Å². The van der Waals surface area contributed by atoms with Gasteiger partial charge in [0.1, 0.15) is 0 Å². The molecular weight excluding hydrogens is 236 g/mol. The SMILES string of the molecule is COCc1ccc(NC(=O)C(C)C(N)=S)cc1. The van der Waals surface area contributed by atoms with Gasteiger partial charge in [-0.3, -0.25) is 4.79 Å². The average molecular weight is 252 g/mol. The molecule has 1 amide bonds. The van der Waals surface area contributed by atoms with Crippen LogP contribution in [-0.4, -0.2) is 18.0 Å². The van der Waals surface area contributed by atoms with Crippen molar-refractivity contribution in [2.75, 3.05) is 12.4 Å². The highest BCUT2D eigenvalue weighted by Crippen LogP contribution is 2.11. The maximum Gasteiger partial charge on any atom is 0.234 e. The van der Waals surface area contributed by atoms with Crippen molar-refractivity contribution in [2.45, 2.75) is 13.5 Å². The van der Waals surface area contributed by atoms with Gasteiger partial charge in [-0.15, -0.1) is 0 Å². The molecule has 0 aliphatic carbocycles. The van der Waals surface area contributed by atoms with Gasteiger partial charge in [-0.25, -0.2) is 0 Å². The minimum Gasteiger partial charge on any atom is -0.393 e. The maximum absolute atomic E-state index is 11.7. The highest BCUT2D eigenvalue weighted by Gasteiger charge is 2.15. The summed E-state index contributed by atoms with van der Waals surface area (Å²) in [6.45, 7) is 2.23. The van der Waals surface area contributed by atoms with Gasteiger partial charge in [0.15, 0.2) is 0 Å². The summed E-state index contributed by atoms with van der Waals surface area (Å²) >= 11 is 4.77. The molecule has 0 fully saturated rings. The van der Waals surface area contributed by atoms with E-state index in [9.17, 15) is 4.79 Å². The molecule has 1 aromatic rings. The largest absolute Gasteiger partial charge is 0.393 e. The Balaban J connectivity index is 2.63. The summed E-state index contributed by atoms with van der Waals surface area (Å²) in [5.41, 5.74) is 7.18. The zero-order chi connectivity index (χ0) is 12.8. The van der Waals surface area contributed by atoms with Gasteiger partial charge in [0.2, 0.25) is 5.91 Å². The topological polar surface area (TPSA) is 64.3 Å². The molecule has 1 rings (SSSR count). The summed E-state index contributed by atoms with van der Waals surface area (Å²) < 4.78 is 5.00. The number of anilines is 1. The number of carbonyl (C=O) groups excluding carboxylic acids is 1. The second kappa shape index (κ2) is 6.32. The molecule has 0 aliphatic rings. The summed E-state index contributed by atoms with van der Waals surface area (Å²) in [6.07, 6.45) is 0. The number of benzene rings is 1. The van der Waals surface area contributed by atoms with Crippen molar-refractivity contribution in [3.05, 3.63) is 29.8 Å². The lowest BCUT2D eigenvalue weighted by molar-refractivity contribution is -0.117. The number of ether oxygens (including phenoxy) is 1. The number of methoxy groups -OCH3 is 1. The maximum atomic E-state index is 11.7.